The van der Waals surface area contributed by atoms with E-state index < -0.39 is 36.4 Å². The second-order valence-electron chi connectivity index (χ2n) is 5.68. The smallest absolute Gasteiger partial charge is 0.344 e. The van der Waals surface area contributed by atoms with Crippen LogP contribution >= 0.6 is 0 Å². The van der Waals surface area contributed by atoms with Crippen molar-refractivity contribution in [3.63, 3.8) is 0 Å². The van der Waals surface area contributed by atoms with Gasteiger partial charge in [0, 0.05) is 11.4 Å². The Labute approximate surface area is 157 Å². The van der Waals surface area contributed by atoms with Crippen LogP contribution < -0.4 is 5.32 Å². The van der Waals surface area contributed by atoms with Gasteiger partial charge in [0.1, 0.15) is 5.92 Å². The van der Waals surface area contributed by atoms with Gasteiger partial charge in [-0.2, -0.15) is 0 Å². The third-order valence-electron chi connectivity index (χ3n) is 3.70. The van der Waals surface area contributed by atoms with Gasteiger partial charge in [0.15, 0.2) is 6.61 Å². The molecule has 1 atom stereocenters. The number of hydrogen-bond donors (Lipinski definition) is 1. The van der Waals surface area contributed by atoms with Crippen molar-refractivity contribution in [3.05, 3.63) is 22.5 Å². The third kappa shape index (κ3) is 5.57. The first-order chi connectivity index (χ1) is 12.8. The molecule has 0 aromatic rings. The van der Waals surface area contributed by atoms with Gasteiger partial charge in [0.25, 0.3) is 0 Å². The van der Waals surface area contributed by atoms with Crippen molar-refractivity contribution in [2.45, 2.75) is 34.1 Å². The Hall–Kier alpha value is -2.84. The molecule has 0 aliphatic carbocycles. The molecular weight excluding hydrogens is 358 g/mol. The first-order valence-electron chi connectivity index (χ1n) is 8.54. The number of dihydropyridines is 1. The highest BCUT2D eigenvalue weighted by atomic mass is 16.6. The summed E-state index contributed by atoms with van der Waals surface area (Å²) in [7, 11) is 1.16. The predicted octanol–water partition coefficient (Wildman–Crippen LogP) is 0.986. The molecule has 0 bridgehead atoms. The molecule has 0 spiro atoms. The minimum absolute atomic E-state index is 0.0664. The standard InChI is InChI=1S/C18H25NO8/c1-6-8-26-17(22)14-11(4)19-10(3)13(16(21)24-5)15(14)18(23)27-9-12(20)25-7-2/h15,19H,6-9H2,1-5H3. The van der Waals surface area contributed by atoms with Crippen molar-refractivity contribution in [2.24, 2.45) is 5.92 Å². The highest BCUT2D eigenvalue weighted by Gasteiger charge is 2.42. The highest BCUT2D eigenvalue weighted by Crippen LogP contribution is 2.32. The van der Waals surface area contributed by atoms with E-state index in [-0.39, 0.29) is 24.4 Å². The molecule has 0 aromatic heterocycles. The summed E-state index contributed by atoms with van der Waals surface area (Å²) in [5, 5.41) is 2.88. The van der Waals surface area contributed by atoms with Gasteiger partial charge in [-0.05, 0) is 27.2 Å². The summed E-state index contributed by atoms with van der Waals surface area (Å²) in [6, 6.07) is 0. The number of carbonyl (C=O) groups is 4. The second kappa shape index (κ2) is 10.3. The topological polar surface area (TPSA) is 117 Å². The van der Waals surface area contributed by atoms with E-state index in [4.69, 9.17) is 18.9 Å². The Balaban J connectivity index is 3.24. The van der Waals surface area contributed by atoms with E-state index in [1.54, 1.807) is 20.8 Å². The van der Waals surface area contributed by atoms with Gasteiger partial charge in [0.2, 0.25) is 0 Å². The van der Waals surface area contributed by atoms with Gasteiger partial charge in [-0.25, -0.2) is 14.4 Å². The van der Waals surface area contributed by atoms with Crippen LogP contribution in [-0.4, -0.2) is 50.8 Å². The van der Waals surface area contributed by atoms with E-state index in [1.807, 2.05) is 6.92 Å². The number of allylic oxidation sites excluding steroid dienone is 2. The van der Waals surface area contributed by atoms with Gasteiger partial charge in [-0.15, -0.1) is 0 Å². The maximum Gasteiger partial charge on any atom is 0.344 e. The number of nitrogens with one attached hydrogen (secondary N) is 1. The number of rotatable bonds is 8. The van der Waals surface area contributed by atoms with E-state index in [2.05, 4.69) is 5.32 Å². The second-order valence-corrected chi connectivity index (χ2v) is 5.68. The molecule has 0 aromatic carbocycles. The molecule has 150 valence electrons. The van der Waals surface area contributed by atoms with Crippen molar-refractivity contribution in [3.8, 4) is 0 Å². The molecule has 1 heterocycles. The fourth-order valence-electron chi connectivity index (χ4n) is 2.57. The number of esters is 4. The maximum atomic E-state index is 12.7. The summed E-state index contributed by atoms with van der Waals surface area (Å²) in [5.74, 6) is -4.62. The third-order valence-corrected chi connectivity index (χ3v) is 3.70. The Morgan fingerprint density at radius 2 is 1.52 bits per heavy atom. The molecule has 9 nitrogen and oxygen atoms in total. The van der Waals surface area contributed by atoms with Crippen molar-refractivity contribution in [2.75, 3.05) is 26.9 Å². The average molecular weight is 383 g/mol. The highest BCUT2D eigenvalue weighted by molar-refractivity contribution is 6.05. The maximum absolute atomic E-state index is 12.7. The number of hydrogen-bond acceptors (Lipinski definition) is 9. The van der Waals surface area contributed by atoms with Crippen LogP contribution in [0.1, 0.15) is 34.1 Å². The molecule has 0 amide bonds. The molecule has 1 aliphatic rings. The first kappa shape index (κ1) is 22.2. The molecule has 9 heteroatoms. The summed E-state index contributed by atoms with van der Waals surface area (Å²) in [4.78, 5) is 48.9. The Kier molecular flexibility index (Phi) is 8.50. The van der Waals surface area contributed by atoms with Gasteiger partial charge >= 0.3 is 23.9 Å². The zero-order chi connectivity index (χ0) is 20.6. The van der Waals surface area contributed by atoms with Crippen molar-refractivity contribution >= 4 is 23.9 Å². The van der Waals surface area contributed by atoms with Crippen LogP contribution in [0.5, 0.6) is 0 Å². The van der Waals surface area contributed by atoms with E-state index in [9.17, 15) is 19.2 Å². The monoisotopic (exact) mass is 383 g/mol. The van der Waals surface area contributed by atoms with Gasteiger partial charge < -0.3 is 24.3 Å². The predicted molar refractivity (Wildman–Crippen MR) is 92.9 cm³/mol. The summed E-state index contributed by atoms with van der Waals surface area (Å²) in [6.07, 6.45) is 0.586. The lowest BCUT2D eigenvalue weighted by Crippen LogP contribution is -2.38. The molecule has 1 unspecified atom stereocenters. The zero-order valence-corrected chi connectivity index (χ0v) is 16.2. The zero-order valence-electron chi connectivity index (χ0n) is 16.2. The minimum atomic E-state index is -1.38. The van der Waals surface area contributed by atoms with Crippen molar-refractivity contribution < 1.29 is 38.1 Å². The van der Waals surface area contributed by atoms with Gasteiger partial charge in [0.05, 0.1) is 31.5 Å². The summed E-state index contributed by atoms with van der Waals surface area (Å²) in [6.45, 7) is 6.21. The number of methoxy groups -OCH3 is 1. The summed E-state index contributed by atoms with van der Waals surface area (Å²) < 4.78 is 19.6. The molecule has 0 saturated heterocycles. The molecule has 0 saturated carbocycles. The fourth-order valence-corrected chi connectivity index (χ4v) is 2.57. The molecule has 0 fully saturated rings. The SMILES string of the molecule is CCCOC(=O)C1=C(C)NC(C)=C(C(=O)OC)C1C(=O)OCC(=O)OCC. The van der Waals surface area contributed by atoms with Crippen LogP contribution in [0, 0.1) is 5.92 Å². The molecule has 27 heavy (non-hydrogen) atoms. The molecule has 1 N–H and O–H groups in total. The molecule has 1 rings (SSSR count). The lowest BCUT2D eigenvalue weighted by Gasteiger charge is -2.28. The van der Waals surface area contributed by atoms with Crippen LogP contribution in [0.15, 0.2) is 22.5 Å². The van der Waals surface area contributed by atoms with E-state index in [0.29, 0.717) is 17.8 Å². The van der Waals surface area contributed by atoms with Gasteiger partial charge in [-0.3, -0.25) is 4.79 Å². The number of ether oxygens (including phenoxy) is 4. The summed E-state index contributed by atoms with van der Waals surface area (Å²) >= 11 is 0. The Morgan fingerprint density at radius 1 is 0.926 bits per heavy atom. The van der Waals surface area contributed by atoms with E-state index in [1.165, 1.54) is 0 Å². The largest absolute Gasteiger partial charge is 0.466 e. The minimum Gasteiger partial charge on any atom is -0.466 e. The van der Waals surface area contributed by atoms with Crippen LogP contribution in [0.2, 0.25) is 0 Å². The van der Waals surface area contributed by atoms with E-state index in [0.717, 1.165) is 7.11 Å². The van der Waals surface area contributed by atoms with Crippen molar-refractivity contribution in [1.82, 2.24) is 5.32 Å². The lowest BCUT2D eigenvalue weighted by atomic mass is 9.85. The van der Waals surface area contributed by atoms with Crippen molar-refractivity contribution in [1.29, 1.82) is 0 Å². The van der Waals surface area contributed by atoms with Crippen LogP contribution in [0.3, 0.4) is 0 Å². The van der Waals surface area contributed by atoms with Crippen LogP contribution in [-0.2, 0) is 38.1 Å². The van der Waals surface area contributed by atoms with Crippen LogP contribution in [0.25, 0.3) is 0 Å². The van der Waals surface area contributed by atoms with E-state index >= 15 is 0 Å². The Bertz CT molecular complexity index is 677. The number of carbonyl (C=O) groups excluding carboxylic acids is 4. The first-order valence-corrected chi connectivity index (χ1v) is 8.54. The molecule has 0 radical (unpaired) electrons. The molecule has 1 aliphatic heterocycles. The normalized spacial score (nSPS) is 16.4. The Morgan fingerprint density at radius 3 is 2.04 bits per heavy atom. The summed E-state index contributed by atoms with van der Waals surface area (Å²) in [5.41, 5.74) is 0.535. The average Bonchev–Trinajstić information content (AvgIpc) is 2.63. The quantitative estimate of drug-likeness (QED) is 0.483. The molecular formula is C18H25NO8. The van der Waals surface area contributed by atoms with Crippen LogP contribution in [0.4, 0.5) is 0 Å². The fraction of sp³-hybridized carbons (Fsp3) is 0.556. The van der Waals surface area contributed by atoms with Gasteiger partial charge in [-0.1, -0.05) is 6.92 Å². The lowest BCUT2D eigenvalue weighted by molar-refractivity contribution is -0.160.